The zero-order valence-corrected chi connectivity index (χ0v) is 13.0. The molecule has 0 spiro atoms. The lowest BCUT2D eigenvalue weighted by atomic mass is 10.1. The molecule has 0 aliphatic rings. The highest BCUT2D eigenvalue weighted by Gasteiger charge is 2.16. The average molecular weight is 328 g/mol. The van der Waals surface area contributed by atoms with Crippen LogP contribution < -0.4 is 9.88 Å². The minimum atomic E-state index is -4.04. The summed E-state index contributed by atoms with van der Waals surface area (Å²) in [4.78, 5) is -0.402. The summed E-state index contributed by atoms with van der Waals surface area (Å²) in [6.07, 6.45) is 0. The van der Waals surface area contributed by atoms with Gasteiger partial charge in [-0.3, -0.25) is 0 Å². The maximum atomic E-state index is 11.4. The van der Waals surface area contributed by atoms with E-state index in [1.54, 1.807) is 6.07 Å². The van der Waals surface area contributed by atoms with E-state index in [0.29, 0.717) is 10.8 Å². The Morgan fingerprint density at radius 2 is 1.86 bits per heavy atom. The van der Waals surface area contributed by atoms with Crippen molar-refractivity contribution in [2.75, 3.05) is 0 Å². The number of hydrogen-bond donors (Lipinski definition) is 2. The van der Waals surface area contributed by atoms with Crippen LogP contribution in [-0.2, 0) is 10.0 Å². The van der Waals surface area contributed by atoms with Crippen molar-refractivity contribution in [2.45, 2.75) is 18.7 Å². The summed E-state index contributed by atoms with van der Waals surface area (Å²) in [6, 6.07) is 7.42. The number of phenols is 1. The number of benzene rings is 2. The van der Waals surface area contributed by atoms with Gasteiger partial charge in [0.2, 0.25) is 10.0 Å². The van der Waals surface area contributed by atoms with Crippen LogP contribution in [0.25, 0.3) is 0 Å². The molecule has 0 radical (unpaired) electrons. The molecule has 0 amide bonds. The van der Waals surface area contributed by atoms with Gasteiger partial charge in [-0.15, -0.1) is 0 Å². The van der Waals surface area contributed by atoms with Gasteiger partial charge in [0.05, 0.1) is 5.02 Å². The van der Waals surface area contributed by atoms with Gasteiger partial charge in [0.15, 0.2) is 0 Å². The molecule has 112 valence electrons. The Balaban J connectivity index is 2.47. The molecule has 0 unspecified atom stereocenters. The molecule has 7 heteroatoms. The van der Waals surface area contributed by atoms with Gasteiger partial charge in [-0.25, -0.2) is 13.6 Å². The number of hydrogen-bond acceptors (Lipinski definition) is 4. The molecule has 0 atom stereocenters. The lowest BCUT2D eigenvalue weighted by molar-refractivity contribution is 0.448. The number of aromatic hydroxyl groups is 1. The zero-order valence-electron chi connectivity index (χ0n) is 11.4. The van der Waals surface area contributed by atoms with E-state index in [9.17, 15) is 13.5 Å². The van der Waals surface area contributed by atoms with Gasteiger partial charge >= 0.3 is 0 Å². The van der Waals surface area contributed by atoms with Gasteiger partial charge in [-0.1, -0.05) is 17.7 Å². The fourth-order valence-corrected chi connectivity index (χ4v) is 2.94. The molecular formula is C14H14ClNO4S. The van der Waals surface area contributed by atoms with Crippen molar-refractivity contribution in [3.8, 4) is 17.2 Å². The van der Waals surface area contributed by atoms with E-state index in [2.05, 4.69) is 0 Å². The quantitative estimate of drug-likeness (QED) is 0.906. The van der Waals surface area contributed by atoms with Crippen LogP contribution in [0.2, 0.25) is 5.02 Å². The first-order chi connectivity index (χ1) is 9.68. The Morgan fingerprint density at radius 3 is 2.43 bits per heavy atom. The van der Waals surface area contributed by atoms with Crippen LogP contribution in [-0.4, -0.2) is 13.5 Å². The van der Waals surface area contributed by atoms with E-state index in [1.165, 1.54) is 12.1 Å². The largest absolute Gasteiger partial charge is 0.507 e. The molecule has 2 aromatic rings. The normalized spacial score (nSPS) is 11.4. The Kier molecular flexibility index (Phi) is 4.13. The molecule has 0 bridgehead atoms. The first-order valence-corrected chi connectivity index (χ1v) is 7.91. The summed E-state index contributed by atoms with van der Waals surface area (Å²) in [5.74, 6) is 0.204. The number of ether oxygens (including phenoxy) is 1. The molecule has 2 aromatic carbocycles. The second-order valence-corrected chi connectivity index (χ2v) is 6.61. The Hall–Kier alpha value is -1.76. The molecule has 0 saturated heterocycles. The highest BCUT2D eigenvalue weighted by molar-refractivity contribution is 7.89. The smallest absolute Gasteiger partial charge is 0.241 e. The van der Waals surface area contributed by atoms with E-state index in [4.69, 9.17) is 21.5 Å². The predicted octanol–water partition coefficient (Wildman–Crippen LogP) is 3.10. The van der Waals surface area contributed by atoms with Crippen LogP contribution in [0.15, 0.2) is 35.2 Å². The minimum Gasteiger partial charge on any atom is -0.507 e. The van der Waals surface area contributed by atoms with Crippen molar-refractivity contribution in [1.29, 1.82) is 0 Å². The topological polar surface area (TPSA) is 89.6 Å². The van der Waals surface area contributed by atoms with Crippen molar-refractivity contribution in [3.63, 3.8) is 0 Å². The first kappa shape index (κ1) is 15.6. The Morgan fingerprint density at radius 1 is 1.19 bits per heavy atom. The van der Waals surface area contributed by atoms with E-state index in [0.717, 1.165) is 17.2 Å². The van der Waals surface area contributed by atoms with Crippen molar-refractivity contribution in [1.82, 2.24) is 0 Å². The van der Waals surface area contributed by atoms with Crippen LogP contribution in [0, 0.1) is 13.8 Å². The second-order valence-electron chi connectivity index (χ2n) is 4.67. The monoisotopic (exact) mass is 327 g/mol. The third-order valence-corrected chi connectivity index (χ3v) is 4.05. The zero-order chi connectivity index (χ0) is 15.8. The number of sulfonamides is 1. The summed E-state index contributed by atoms with van der Waals surface area (Å²) in [6.45, 7) is 3.73. The van der Waals surface area contributed by atoms with E-state index >= 15 is 0 Å². The lowest BCUT2D eigenvalue weighted by Crippen LogP contribution is -2.12. The molecule has 0 saturated carbocycles. The van der Waals surface area contributed by atoms with Gasteiger partial charge in [-0.05, 0) is 43.2 Å². The van der Waals surface area contributed by atoms with Gasteiger partial charge in [0, 0.05) is 6.07 Å². The molecule has 5 nitrogen and oxygen atoms in total. The second kappa shape index (κ2) is 5.55. The van der Waals surface area contributed by atoms with Gasteiger partial charge in [0.25, 0.3) is 0 Å². The summed E-state index contributed by atoms with van der Waals surface area (Å²) < 4.78 is 28.4. The van der Waals surface area contributed by atoms with Crippen LogP contribution in [0.3, 0.4) is 0 Å². The molecule has 2 rings (SSSR count). The fraction of sp³-hybridized carbons (Fsp3) is 0.143. The van der Waals surface area contributed by atoms with Crippen molar-refractivity contribution >= 4 is 21.6 Å². The summed E-state index contributed by atoms with van der Waals surface area (Å²) >= 11 is 6.13. The van der Waals surface area contributed by atoms with E-state index < -0.39 is 20.7 Å². The predicted molar refractivity (Wildman–Crippen MR) is 80.5 cm³/mol. The van der Waals surface area contributed by atoms with Gasteiger partial charge < -0.3 is 9.84 Å². The lowest BCUT2D eigenvalue weighted by Gasteiger charge is -2.12. The van der Waals surface area contributed by atoms with Crippen molar-refractivity contribution in [3.05, 3.63) is 46.5 Å². The summed E-state index contributed by atoms with van der Waals surface area (Å²) in [7, 11) is -4.04. The number of aryl methyl sites for hydroxylation is 2. The third kappa shape index (κ3) is 3.47. The number of nitrogens with two attached hydrogens (primary N) is 1. The molecule has 0 aromatic heterocycles. The molecule has 0 fully saturated rings. The Labute approximate surface area is 128 Å². The van der Waals surface area contributed by atoms with E-state index in [1.807, 2.05) is 19.9 Å². The third-order valence-electron chi connectivity index (χ3n) is 2.83. The maximum Gasteiger partial charge on any atom is 0.241 e. The van der Waals surface area contributed by atoms with Crippen LogP contribution in [0.1, 0.15) is 11.1 Å². The number of primary sulfonamides is 1. The van der Waals surface area contributed by atoms with Crippen LogP contribution in [0.5, 0.6) is 17.2 Å². The number of phenolic OH excluding ortho intramolecular Hbond substituents is 1. The summed E-state index contributed by atoms with van der Waals surface area (Å²) in [5, 5.41) is 15.0. The molecular weight excluding hydrogens is 314 g/mol. The first-order valence-electron chi connectivity index (χ1n) is 5.99. The van der Waals surface area contributed by atoms with Crippen LogP contribution in [0.4, 0.5) is 0 Å². The average Bonchev–Trinajstić information content (AvgIpc) is 2.34. The van der Waals surface area contributed by atoms with Crippen molar-refractivity contribution < 1.29 is 18.3 Å². The SMILES string of the molecule is Cc1cc(C)c(Oc2ccc(O)c(S(N)(=O)=O)c2)c(Cl)c1. The molecule has 21 heavy (non-hydrogen) atoms. The standard InChI is InChI=1S/C14H14ClNO4S/c1-8-5-9(2)14(11(15)6-8)20-10-3-4-12(17)13(7-10)21(16,18)19/h3-7,17H,1-2H3,(H2,16,18,19). The molecule has 0 heterocycles. The van der Waals surface area contributed by atoms with Gasteiger partial charge in [0.1, 0.15) is 22.1 Å². The maximum absolute atomic E-state index is 11.4. The van der Waals surface area contributed by atoms with Gasteiger partial charge in [-0.2, -0.15) is 0 Å². The molecule has 3 N–H and O–H groups in total. The van der Waals surface area contributed by atoms with Crippen LogP contribution >= 0.6 is 11.6 Å². The fourth-order valence-electron chi connectivity index (χ4n) is 1.94. The number of halogens is 1. The van der Waals surface area contributed by atoms with Crippen molar-refractivity contribution in [2.24, 2.45) is 5.14 Å². The molecule has 0 aliphatic carbocycles. The highest BCUT2D eigenvalue weighted by atomic mass is 35.5. The highest BCUT2D eigenvalue weighted by Crippen LogP contribution is 2.35. The molecule has 0 aliphatic heterocycles. The number of rotatable bonds is 3. The van der Waals surface area contributed by atoms with E-state index in [-0.39, 0.29) is 5.75 Å². The minimum absolute atomic E-state index is 0.214. The Bertz CT molecular complexity index is 780. The summed E-state index contributed by atoms with van der Waals surface area (Å²) in [5.41, 5.74) is 1.80.